The standard InChI is InChI=1S/C13H15BrF2N2O/c1-8-5-10(14)7-17-11(8)18-12(19)9-3-2-4-13(15,16)6-9/h5,7,9H,2-4,6H2,1H3,(H,17,18,19). The van der Waals surface area contributed by atoms with E-state index in [0.717, 1.165) is 10.0 Å². The molecule has 1 heterocycles. The Morgan fingerprint density at radius 1 is 1.58 bits per heavy atom. The first kappa shape index (κ1) is 14.4. The highest BCUT2D eigenvalue weighted by Gasteiger charge is 2.39. The second-order valence-electron chi connectivity index (χ2n) is 4.96. The zero-order chi connectivity index (χ0) is 14.0. The summed E-state index contributed by atoms with van der Waals surface area (Å²) >= 11 is 3.28. The van der Waals surface area contributed by atoms with Crippen LogP contribution in [0.25, 0.3) is 0 Å². The Labute approximate surface area is 118 Å². The third kappa shape index (κ3) is 3.72. The van der Waals surface area contributed by atoms with Gasteiger partial charge in [0, 0.05) is 29.4 Å². The molecule has 1 saturated carbocycles. The van der Waals surface area contributed by atoms with E-state index in [-0.39, 0.29) is 18.7 Å². The molecule has 0 aromatic carbocycles. The molecule has 0 radical (unpaired) electrons. The van der Waals surface area contributed by atoms with E-state index in [0.29, 0.717) is 18.7 Å². The number of aromatic nitrogens is 1. The average molecular weight is 333 g/mol. The van der Waals surface area contributed by atoms with E-state index in [4.69, 9.17) is 0 Å². The summed E-state index contributed by atoms with van der Waals surface area (Å²) < 4.78 is 27.4. The van der Waals surface area contributed by atoms with Gasteiger partial charge in [-0.05, 0) is 47.3 Å². The number of anilines is 1. The van der Waals surface area contributed by atoms with Crippen LogP contribution in [0, 0.1) is 12.8 Å². The van der Waals surface area contributed by atoms with Crippen LogP contribution in [0.5, 0.6) is 0 Å². The summed E-state index contributed by atoms with van der Waals surface area (Å²) in [6, 6.07) is 1.82. The molecule has 1 N–H and O–H groups in total. The fourth-order valence-corrected chi connectivity index (χ4v) is 2.73. The van der Waals surface area contributed by atoms with Gasteiger partial charge in [0.1, 0.15) is 5.82 Å². The molecule has 2 rings (SSSR count). The number of halogens is 3. The molecule has 3 nitrogen and oxygen atoms in total. The van der Waals surface area contributed by atoms with Crippen molar-refractivity contribution in [3.05, 3.63) is 22.3 Å². The highest BCUT2D eigenvalue weighted by Crippen LogP contribution is 2.37. The molecule has 1 aromatic heterocycles. The molecule has 0 saturated heterocycles. The number of hydrogen-bond donors (Lipinski definition) is 1. The Hall–Kier alpha value is -1.04. The largest absolute Gasteiger partial charge is 0.310 e. The monoisotopic (exact) mass is 332 g/mol. The minimum absolute atomic E-state index is 0.119. The summed E-state index contributed by atoms with van der Waals surface area (Å²) in [5, 5.41) is 2.64. The molecule has 6 heteroatoms. The second kappa shape index (κ2) is 5.53. The molecule has 1 aromatic rings. The van der Waals surface area contributed by atoms with Crippen molar-refractivity contribution in [2.75, 3.05) is 5.32 Å². The number of rotatable bonds is 2. The summed E-state index contributed by atoms with van der Waals surface area (Å²) in [5.41, 5.74) is 0.797. The lowest BCUT2D eigenvalue weighted by Crippen LogP contribution is -2.33. The summed E-state index contributed by atoms with van der Waals surface area (Å²) in [4.78, 5) is 16.1. The molecule has 0 aliphatic heterocycles. The third-order valence-corrected chi connectivity index (χ3v) is 3.73. The summed E-state index contributed by atoms with van der Waals surface area (Å²) in [6.45, 7) is 1.81. The molecule has 1 aliphatic rings. The SMILES string of the molecule is Cc1cc(Br)cnc1NC(=O)C1CCCC(F)(F)C1. The van der Waals surface area contributed by atoms with Crippen LogP contribution in [0.2, 0.25) is 0 Å². The van der Waals surface area contributed by atoms with Crippen molar-refractivity contribution in [2.45, 2.75) is 38.5 Å². The number of carbonyl (C=O) groups excluding carboxylic acids is 1. The molecule has 0 spiro atoms. The highest BCUT2D eigenvalue weighted by atomic mass is 79.9. The predicted molar refractivity (Wildman–Crippen MR) is 72.2 cm³/mol. The van der Waals surface area contributed by atoms with Crippen molar-refractivity contribution in [1.82, 2.24) is 4.98 Å². The zero-order valence-corrected chi connectivity index (χ0v) is 12.1. The zero-order valence-electron chi connectivity index (χ0n) is 10.5. The van der Waals surface area contributed by atoms with Gasteiger partial charge in [0.25, 0.3) is 0 Å². The number of carbonyl (C=O) groups is 1. The van der Waals surface area contributed by atoms with Crippen molar-refractivity contribution in [3.8, 4) is 0 Å². The van der Waals surface area contributed by atoms with E-state index in [9.17, 15) is 13.6 Å². The number of aryl methyl sites for hydroxylation is 1. The van der Waals surface area contributed by atoms with Crippen LogP contribution in [-0.4, -0.2) is 16.8 Å². The molecule has 104 valence electrons. The molecule has 1 aliphatic carbocycles. The highest BCUT2D eigenvalue weighted by molar-refractivity contribution is 9.10. The lowest BCUT2D eigenvalue weighted by Gasteiger charge is -2.28. The Kier molecular flexibility index (Phi) is 4.18. The van der Waals surface area contributed by atoms with Gasteiger partial charge in [-0.2, -0.15) is 0 Å². The molecule has 19 heavy (non-hydrogen) atoms. The normalized spacial score (nSPS) is 22.0. The molecule has 1 fully saturated rings. The van der Waals surface area contributed by atoms with Crippen molar-refractivity contribution in [2.24, 2.45) is 5.92 Å². The van der Waals surface area contributed by atoms with Gasteiger partial charge in [0.2, 0.25) is 11.8 Å². The number of amides is 1. The first-order valence-corrected chi connectivity index (χ1v) is 6.97. The predicted octanol–water partition coefficient (Wildman–Crippen LogP) is 3.92. The van der Waals surface area contributed by atoms with Crippen LogP contribution in [0.15, 0.2) is 16.7 Å². The van der Waals surface area contributed by atoms with E-state index in [2.05, 4.69) is 26.2 Å². The Bertz CT molecular complexity index is 494. The van der Waals surface area contributed by atoms with Gasteiger partial charge >= 0.3 is 0 Å². The molecular formula is C13H15BrF2N2O. The van der Waals surface area contributed by atoms with E-state index < -0.39 is 11.8 Å². The van der Waals surface area contributed by atoms with Crippen LogP contribution >= 0.6 is 15.9 Å². The maximum Gasteiger partial charge on any atom is 0.248 e. The lowest BCUT2D eigenvalue weighted by molar-refractivity contribution is -0.127. The number of hydrogen-bond acceptors (Lipinski definition) is 2. The van der Waals surface area contributed by atoms with Gasteiger partial charge < -0.3 is 5.32 Å². The van der Waals surface area contributed by atoms with E-state index in [1.165, 1.54) is 0 Å². The smallest absolute Gasteiger partial charge is 0.248 e. The average Bonchev–Trinajstić information content (AvgIpc) is 2.31. The minimum Gasteiger partial charge on any atom is -0.310 e. The van der Waals surface area contributed by atoms with Crippen LogP contribution in [-0.2, 0) is 4.79 Å². The molecule has 1 unspecified atom stereocenters. The number of nitrogens with zero attached hydrogens (tertiary/aromatic N) is 1. The number of alkyl halides is 2. The Balaban J connectivity index is 2.04. The molecular weight excluding hydrogens is 318 g/mol. The first-order valence-electron chi connectivity index (χ1n) is 6.18. The topological polar surface area (TPSA) is 42.0 Å². The number of pyridine rings is 1. The van der Waals surface area contributed by atoms with Gasteiger partial charge in [-0.3, -0.25) is 4.79 Å². The maximum atomic E-state index is 13.3. The lowest BCUT2D eigenvalue weighted by atomic mass is 9.86. The van der Waals surface area contributed by atoms with Gasteiger partial charge in [-0.15, -0.1) is 0 Å². The van der Waals surface area contributed by atoms with Crippen LogP contribution < -0.4 is 5.32 Å². The van der Waals surface area contributed by atoms with Gasteiger partial charge in [0.05, 0.1) is 0 Å². The number of nitrogens with one attached hydrogen (secondary N) is 1. The quantitative estimate of drug-likeness (QED) is 0.891. The van der Waals surface area contributed by atoms with Crippen molar-refractivity contribution < 1.29 is 13.6 Å². The van der Waals surface area contributed by atoms with Gasteiger partial charge in [-0.1, -0.05) is 0 Å². The van der Waals surface area contributed by atoms with Crippen molar-refractivity contribution in [3.63, 3.8) is 0 Å². The third-order valence-electron chi connectivity index (χ3n) is 3.30. The van der Waals surface area contributed by atoms with E-state index in [1.54, 1.807) is 6.20 Å². The second-order valence-corrected chi connectivity index (χ2v) is 5.87. The van der Waals surface area contributed by atoms with Gasteiger partial charge in [0.15, 0.2) is 0 Å². The minimum atomic E-state index is -2.72. The molecule has 0 bridgehead atoms. The van der Waals surface area contributed by atoms with Crippen LogP contribution in [0.4, 0.5) is 14.6 Å². The Morgan fingerprint density at radius 2 is 2.32 bits per heavy atom. The summed E-state index contributed by atoms with van der Waals surface area (Å²) in [5.74, 6) is -3.28. The first-order chi connectivity index (χ1) is 8.87. The maximum absolute atomic E-state index is 13.3. The molecule has 1 atom stereocenters. The van der Waals surface area contributed by atoms with Crippen LogP contribution in [0.1, 0.15) is 31.2 Å². The fraction of sp³-hybridized carbons (Fsp3) is 0.538. The fourth-order valence-electron chi connectivity index (χ4n) is 2.29. The van der Waals surface area contributed by atoms with E-state index >= 15 is 0 Å². The Morgan fingerprint density at radius 3 is 2.95 bits per heavy atom. The van der Waals surface area contributed by atoms with E-state index in [1.807, 2.05) is 13.0 Å². The summed E-state index contributed by atoms with van der Waals surface area (Å²) in [6.07, 6.45) is 1.98. The van der Waals surface area contributed by atoms with Crippen molar-refractivity contribution >= 4 is 27.7 Å². The van der Waals surface area contributed by atoms with Gasteiger partial charge in [-0.25, -0.2) is 13.8 Å². The van der Waals surface area contributed by atoms with Crippen LogP contribution in [0.3, 0.4) is 0 Å². The summed E-state index contributed by atoms with van der Waals surface area (Å²) in [7, 11) is 0. The van der Waals surface area contributed by atoms with Crippen molar-refractivity contribution in [1.29, 1.82) is 0 Å². The molecule has 1 amide bonds.